The summed E-state index contributed by atoms with van der Waals surface area (Å²) >= 11 is 7.70. The number of anilines is 1. The second kappa shape index (κ2) is 12.3. The third-order valence-corrected chi connectivity index (χ3v) is 8.85. The third-order valence-electron chi connectivity index (χ3n) is 7.45. The lowest BCUT2D eigenvalue weighted by molar-refractivity contribution is -0.123. The predicted octanol–water partition coefficient (Wildman–Crippen LogP) is 6.46. The summed E-state index contributed by atoms with van der Waals surface area (Å²) < 4.78 is 0. The van der Waals surface area contributed by atoms with Gasteiger partial charge in [-0.05, 0) is 62.3 Å². The fourth-order valence-electron chi connectivity index (χ4n) is 5.15. The highest BCUT2D eigenvalue weighted by molar-refractivity contribution is 7.14. The second-order valence-electron chi connectivity index (χ2n) is 10.6. The topological polar surface area (TPSA) is 83.1 Å². The molecule has 6 nitrogen and oxygen atoms in total. The molecule has 0 saturated heterocycles. The molecule has 2 aromatic heterocycles. The van der Waals surface area contributed by atoms with Crippen LogP contribution in [0.1, 0.15) is 76.8 Å². The standard InChI is InChI=1S/C30H35ClN4O2S/c1-19-24(17-22(31)18-32-19)34-25(15-20-7-3-2-4-8-20)27-13-14-28(38-27)30(37)35-26(16-21-9-5-6-10-21)29(36)33-23-11-12-23/h2-4,7-8,13-14,17-18,21,23,25-26,34H,5-6,9-12,15-16H2,1H3,(H,33,36)(H,35,37)/t25-,26-/m0/s1. The van der Waals surface area contributed by atoms with Crippen molar-refractivity contribution in [2.24, 2.45) is 5.92 Å². The third kappa shape index (κ3) is 7.14. The van der Waals surface area contributed by atoms with E-state index in [1.54, 1.807) is 6.20 Å². The highest BCUT2D eigenvalue weighted by Crippen LogP contribution is 2.32. The summed E-state index contributed by atoms with van der Waals surface area (Å²) in [5.41, 5.74) is 2.91. The molecule has 2 aliphatic carbocycles. The molecule has 0 aliphatic heterocycles. The fourth-order valence-corrected chi connectivity index (χ4v) is 6.27. The summed E-state index contributed by atoms with van der Waals surface area (Å²) in [6.07, 6.45) is 9.84. The minimum Gasteiger partial charge on any atom is -0.376 e. The number of pyridine rings is 1. The van der Waals surface area contributed by atoms with E-state index in [2.05, 4.69) is 33.1 Å². The van der Waals surface area contributed by atoms with Crippen LogP contribution in [0.2, 0.25) is 5.02 Å². The number of hydrogen-bond donors (Lipinski definition) is 3. The SMILES string of the molecule is Cc1ncc(Cl)cc1N[C@@H](Cc1ccccc1)c1ccc(C(=O)N[C@@H](CC2CCCC2)C(=O)NC2CC2)s1. The summed E-state index contributed by atoms with van der Waals surface area (Å²) in [4.78, 5) is 32.4. The molecule has 0 radical (unpaired) electrons. The van der Waals surface area contributed by atoms with E-state index in [9.17, 15) is 9.59 Å². The van der Waals surface area contributed by atoms with Gasteiger partial charge in [0.2, 0.25) is 5.91 Å². The number of rotatable bonds is 11. The summed E-state index contributed by atoms with van der Waals surface area (Å²) in [7, 11) is 0. The number of nitrogens with zero attached hydrogens (tertiary/aromatic N) is 1. The van der Waals surface area contributed by atoms with E-state index in [1.165, 1.54) is 29.7 Å². The highest BCUT2D eigenvalue weighted by Gasteiger charge is 2.31. The Bertz CT molecular complexity index is 1250. The Balaban J connectivity index is 1.33. The van der Waals surface area contributed by atoms with Crippen LogP contribution in [0, 0.1) is 12.8 Å². The van der Waals surface area contributed by atoms with Crippen molar-refractivity contribution in [2.75, 3.05) is 5.32 Å². The molecule has 2 fully saturated rings. The van der Waals surface area contributed by atoms with Crippen LogP contribution in [0.3, 0.4) is 0 Å². The van der Waals surface area contributed by atoms with Crippen molar-refractivity contribution < 1.29 is 9.59 Å². The van der Waals surface area contributed by atoms with Gasteiger partial charge in [-0.2, -0.15) is 0 Å². The zero-order chi connectivity index (χ0) is 26.5. The number of carbonyl (C=O) groups excluding carboxylic acids is 2. The summed E-state index contributed by atoms with van der Waals surface area (Å²) in [6.45, 7) is 1.95. The summed E-state index contributed by atoms with van der Waals surface area (Å²) in [5.74, 6) is 0.268. The van der Waals surface area contributed by atoms with Crippen LogP contribution in [0.25, 0.3) is 0 Å². The van der Waals surface area contributed by atoms with Gasteiger partial charge in [0.1, 0.15) is 6.04 Å². The zero-order valence-electron chi connectivity index (χ0n) is 21.7. The van der Waals surface area contributed by atoms with Crippen LogP contribution in [0.15, 0.2) is 54.7 Å². The minimum absolute atomic E-state index is 0.0444. The lowest BCUT2D eigenvalue weighted by atomic mass is 9.97. The lowest BCUT2D eigenvalue weighted by Gasteiger charge is -2.21. The van der Waals surface area contributed by atoms with Gasteiger partial charge in [-0.3, -0.25) is 14.6 Å². The van der Waals surface area contributed by atoms with E-state index in [-0.39, 0.29) is 23.9 Å². The van der Waals surface area contributed by atoms with Crippen LogP contribution in [-0.2, 0) is 11.2 Å². The molecule has 3 aromatic rings. The van der Waals surface area contributed by atoms with Gasteiger partial charge in [0.25, 0.3) is 5.91 Å². The Kier molecular flexibility index (Phi) is 8.65. The van der Waals surface area contributed by atoms with Gasteiger partial charge in [-0.25, -0.2) is 0 Å². The molecule has 2 aliphatic rings. The minimum atomic E-state index is -0.491. The molecule has 0 unspecified atom stereocenters. The van der Waals surface area contributed by atoms with E-state index in [0.29, 0.717) is 22.2 Å². The van der Waals surface area contributed by atoms with E-state index >= 15 is 0 Å². The number of hydrogen-bond acceptors (Lipinski definition) is 5. The van der Waals surface area contributed by atoms with Crippen molar-refractivity contribution >= 4 is 40.4 Å². The molecule has 2 saturated carbocycles. The second-order valence-corrected chi connectivity index (χ2v) is 12.1. The number of carbonyl (C=O) groups is 2. The number of aromatic nitrogens is 1. The first-order chi connectivity index (χ1) is 18.4. The van der Waals surface area contributed by atoms with E-state index in [1.807, 2.05) is 43.3 Å². The van der Waals surface area contributed by atoms with Crippen molar-refractivity contribution in [3.63, 3.8) is 0 Å². The Labute approximate surface area is 233 Å². The normalized spacial score (nSPS) is 17.1. The number of amides is 2. The van der Waals surface area contributed by atoms with Crippen molar-refractivity contribution in [3.05, 3.63) is 80.8 Å². The molecule has 38 heavy (non-hydrogen) atoms. The van der Waals surface area contributed by atoms with Gasteiger partial charge >= 0.3 is 0 Å². The molecule has 0 spiro atoms. The molecule has 0 bridgehead atoms. The van der Waals surface area contributed by atoms with Gasteiger partial charge in [0.15, 0.2) is 0 Å². The van der Waals surface area contributed by atoms with Crippen LogP contribution < -0.4 is 16.0 Å². The Morgan fingerprint density at radius 1 is 1.08 bits per heavy atom. The molecular weight excluding hydrogens is 516 g/mol. The smallest absolute Gasteiger partial charge is 0.262 e. The van der Waals surface area contributed by atoms with Gasteiger partial charge in [0, 0.05) is 17.1 Å². The Morgan fingerprint density at radius 2 is 1.84 bits per heavy atom. The first-order valence-corrected chi connectivity index (χ1v) is 14.8. The van der Waals surface area contributed by atoms with Gasteiger partial charge in [0.05, 0.1) is 27.3 Å². The van der Waals surface area contributed by atoms with Crippen LogP contribution >= 0.6 is 22.9 Å². The number of aryl methyl sites for hydroxylation is 1. The van der Waals surface area contributed by atoms with Crippen molar-refractivity contribution in [2.45, 2.75) is 76.4 Å². The largest absolute Gasteiger partial charge is 0.376 e. The molecule has 5 rings (SSSR count). The van der Waals surface area contributed by atoms with E-state index in [4.69, 9.17) is 11.6 Å². The highest BCUT2D eigenvalue weighted by atomic mass is 35.5. The number of halogens is 1. The molecule has 2 heterocycles. The average molecular weight is 551 g/mol. The van der Waals surface area contributed by atoms with E-state index in [0.717, 1.165) is 48.4 Å². The quantitative estimate of drug-likeness (QED) is 0.256. The number of benzene rings is 1. The summed E-state index contributed by atoms with van der Waals surface area (Å²) in [6, 6.07) is 15.7. The Hall–Kier alpha value is -2.90. The maximum absolute atomic E-state index is 13.4. The van der Waals surface area contributed by atoms with E-state index < -0.39 is 6.04 Å². The van der Waals surface area contributed by atoms with Crippen molar-refractivity contribution in [1.29, 1.82) is 0 Å². The average Bonchev–Trinajstić information content (AvgIpc) is 3.35. The lowest BCUT2D eigenvalue weighted by Crippen LogP contribution is -2.48. The number of nitrogens with one attached hydrogen (secondary N) is 3. The van der Waals surface area contributed by atoms with Crippen LogP contribution in [0.4, 0.5) is 5.69 Å². The molecular formula is C30H35ClN4O2S. The molecule has 8 heteroatoms. The molecule has 3 N–H and O–H groups in total. The van der Waals surface area contributed by atoms with Gasteiger partial charge in [-0.1, -0.05) is 67.6 Å². The first kappa shape index (κ1) is 26.7. The monoisotopic (exact) mass is 550 g/mol. The maximum Gasteiger partial charge on any atom is 0.262 e. The zero-order valence-corrected chi connectivity index (χ0v) is 23.3. The predicted molar refractivity (Wildman–Crippen MR) is 154 cm³/mol. The maximum atomic E-state index is 13.4. The van der Waals surface area contributed by atoms with Crippen molar-refractivity contribution in [3.8, 4) is 0 Å². The van der Waals surface area contributed by atoms with Crippen LogP contribution in [-0.4, -0.2) is 28.9 Å². The fraction of sp³-hybridized carbons (Fsp3) is 0.433. The van der Waals surface area contributed by atoms with Gasteiger partial charge in [-0.15, -0.1) is 11.3 Å². The number of thiophene rings is 1. The first-order valence-electron chi connectivity index (χ1n) is 13.6. The van der Waals surface area contributed by atoms with Crippen molar-refractivity contribution in [1.82, 2.24) is 15.6 Å². The molecule has 200 valence electrons. The Morgan fingerprint density at radius 3 is 2.58 bits per heavy atom. The molecule has 2 atom stereocenters. The van der Waals surface area contributed by atoms with Crippen LogP contribution in [0.5, 0.6) is 0 Å². The summed E-state index contributed by atoms with van der Waals surface area (Å²) in [5, 5.41) is 10.3. The molecule has 1 aromatic carbocycles. The van der Waals surface area contributed by atoms with Gasteiger partial charge < -0.3 is 16.0 Å². The molecule has 2 amide bonds.